The molecule has 0 amide bonds. The van der Waals surface area contributed by atoms with Crippen LogP contribution in [0.2, 0.25) is 5.02 Å². The lowest BCUT2D eigenvalue weighted by atomic mass is 10.1. The van der Waals surface area contributed by atoms with E-state index in [1.165, 1.54) is 11.3 Å². The first-order valence-corrected chi connectivity index (χ1v) is 11.6. The molecule has 0 N–H and O–H groups in total. The molecule has 0 aliphatic rings. The summed E-state index contributed by atoms with van der Waals surface area (Å²) in [4.78, 5) is 14.5. The summed E-state index contributed by atoms with van der Waals surface area (Å²) < 4.78 is 5.47. The molecule has 0 unspecified atom stereocenters. The fraction of sp³-hybridized carbons (Fsp3) is 0.0435. The summed E-state index contributed by atoms with van der Waals surface area (Å²) in [5.41, 5.74) is 3.43. The van der Waals surface area contributed by atoms with Crippen LogP contribution >= 0.6 is 51.1 Å². The van der Waals surface area contributed by atoms with Gasteiger partial charge in [0.15, 0.2) is 3.95 Å². The number of hydrogen-bond donors (Lipinski definition) is 0. The number of thiazole rings is 1. The molecule has 0 saturated heterocycles. The Labute approximate surface area is 194 Å². The Hall–Kier alpha value is -2.25. The average Bonchev–Trinajstić information content (AvgIpc) is 3.10. The van der Waals surface area contributed by atoms with Gasteiger partial charge in [-0.15, -0.1) is 11.3 Å². The predicted octanol–water partition coefficient (Wildman–Crippen LogP) is 7.18. The highest BCUT2D eigenvalue weighted by molar-refractivity contribution is 9.10. The lowest BCUT2D eigenvalue weighted by molar-refractivity contribution is 0.780. The molecule has 0 aliphatic heterocycles. The standard InChI is InChI=1S/C23H14BrClN2OS2/c24-15-11-9-14(10-12-15)13-26-21-20(16-5-1-3-7-18(16)25)30-23(29)27(21)19-8-4-2-6-17(19)22(26)28/h1-12H,13H2. The van der Waals surface area contributed by atoms with Gasteiger partial charge in [-0.3, -0.25) is 13.8 Å². The molecule has 148 valence electrons. The Bertz CT molecular complexity index is 1530. The van der Waals surface area contributed by atoms with Crippen molar-refractivity contribution in [2.45, 2.75) is 6.54 Å². The van der Waals surface area contributed by atoms with E-state index < -0.39 is 0 Å². The first kappa shape index (κ1) is 19.7. The van der Waals surface area contributed by atoms with Gasteiger partial charge in [0.2, 0.25) is 0 Å². The summed E-state index contributed by atoms with van der Waals surface area (Å²) in [5.74, 6) is 0. The second kappa shape index (κ2) is 7.78. The van der Waals surface area contributed by atoms with Crippen LogP contribution in [0.15, 0.2) is 82.1 Å². The molecule has 0 radical (unpaired) electrons. The van der Waals surface area contributed by atoms with Gasteiger partial charge < -0.3 is 0 Å². The minimum atomic E-state index is -0.0466. The maximum absolute atomic E-state index is 13.6. The Balaban J connectivity index is 1.92. The summed E-state index contributed by atoms with van der Waals surface area (Å²) >= 11 is 17.2. The van der Waals surface area contributed by atoms with Gasteiger partial charge in [-0.05, 0) is 48.1 Å². The summed E-state index contributed by atoms with van der Waals surface area (Å²) in [6, 6.07) is 23.2. The van der Waals surface area contributed by atoms with Crippen LogP contribution in [-0.2, 0) is 6.54 Å². The topological polar surface area (TPSA) is 26.4 Å². The number of benzene rings is 3. The fourth-order valence-electron chi connectivity index (χ4n) is 3.65. The number of aromatic nitrogens is 2. The molecule has 30 heavy (non-hydrogen) atoms. The quantitative estimate of drug-likeness (QED) is 0.239. The largest absolute Gasteiger partial charge is 0.288 e. The molecule has 7 heteroatoms. The SMILES string of the molecule is O=c1c2ccccc2n2c(=S)sc(-c3ccccc3Cl)c2n1Cc1ccc(Br)cc1. The third kappa shape index (κ3) is 3.24. The highest BCUT2D eigenvalue weighted by Crippen LogP contribution is 2.37. The molecular weight excluding hydrogens is 500 g/mol. The Morgan fingerprint density at radius 1 is 0.967 bits per heavy atom. The summed E-state index contributed by atoms with van der Waals surface area (Å²) in [7, 11) is 0. The monoisotopic (exact) mass is 512 g/mol. The molecule has 0 saturated carbocycles. The molecule has 3 aromatic carbocycles. The van der Waals surface area contributed by atoms with Gasteiger partial charge in [0.05, 0.1) is 22.3 Å². The number of hydrogen-bond acceptors (Lipinski definition) is 3. The van der Waals surface area contributed by atoms with E-state index in [9.17, 15) is 4.79 Å². The van der Waals surface area contributed by atoms with E-state index in [2.05, 4.69) is 15.9 Å². The van der Waals surface area contributed by atoms with E-state index in [4.69, 9.17) is 23.8 Å². The maximum atomic E-state index is 13.6. The van der Waals surface area contributed by atoms with E-state index in [0.29, 0.717) is 20.9 Å². The molecule has 5 aromatic rings. The minimum absolute atomic E-state index is 0.0466. The molecule has 0 fully saturated rings. The van der Waals surface area contributed by atoms with Gasteiger partial charge in [0, 0.05) is 15.1 Å². The van der Waals surface area contributed by atoms with E-state index >= 15 is 0 Å². The number of halogens is 2. The first-order valence-electron chi connectivity index (χ1n) is 9.21. The molecule has 3 nitrogen and oxygen atoms in total. The minimum Gasteiger partial charge on any atom is -0.288 e. The van der Waals surface area contributed by atoms with E-state index in [1.807, 2.05) is 77.2 Å². The number of rotatable bonds is 3. The molecule has 0 spiro atoms. The van der Waals surface area contributed by atoms with Crippen molar-refractivity contribution in [1.82, 2.24) is 8.97 Å². The highest BCUT2D eigenvalue weighted by atomic mass is 79.9. The Morgan fingerprint density at radius 2 is 1.67 bits per heavy atom. The van der Waals surface area contributed by atoms with Crippen LogP contribution in [0.3, 0.4) is 0 Å². The van der Waals surface area contributed by atoms with Gasteiger partial charge in [0.25, 0.3) is 5.56 Å². The van der Waals surface area contributed by atoms with E-state index in [0.717, 1.165) is 31.6 Å². The molecule has 2 heterocycles. The highest BCUT2D eigenvalue weighted by Gasteiger charge is 2.19. The smallest absolute Gasteiger partial charge is 0.261 e. The lowest BCUT2D eigenvalue weighted by Gasteiger charge is -2.14. The van der Waals surface area contributed by atoms with Crippen LogP contribution in [0.5, 0.6) is 0 Å². The van der Waals surface area contributed by atoms with Gasteiger partial charge in [-0.25, -0.2) is 0 Å². The van der Waals surface area contributed by atoms with Crippen LogP contribution < -0.4 is 5.56 Å². The van der Waals surface area contributed by atoms with Crippen LogP contribution in [0, 0.1) is 3.95 Å². The van der Waals surface area contributed by atoms with Crippen LogP contribution in [0.25, 0.3) is 27.0 Å². The van der Waals surface area contributed by atoms with Gasteiger partial charge in [0.1, 0.15) is 5.65 Å². The van der Waals surface area contributed by atoms with Crippen molar-refractivity contribution in [3.8, 4) is 10.4 Å². The van der Waals surface area contributed by atoms with Crippen molar-refractivity contribution in [2.24, 2.45) is 0 Å². The van der Waals surface area contributed by atoms with E-state index in [-0.39, 0.29) is 5.56 Å². The van der Waals surface area contributed by atoms with Crippen molar-refractivity contribution >= 4 is 67.6 Å². The van der Waals surface area contributed by atoms with Crippen molar-refractivity contribution in [3.63, 3.8) is 0 Å². The average molecular weight is 514 g/mol. The molecule has 0 aliphatic carbocycles. The maximum Gasteiger partial charge on any atom is 0.261 e. The van der Waals surface area contributed by atoms with Crippen molar-refractivity contribution in [2.75, 3.05) is 0 Å². The van der Waals surface area contributed by atoms with Gasteiger partial charge >= 0.3 is 0 Å². The van der Waals surface area contributed by atoms with Crippen molar-refractivity contribution < 1.29 is 0 Å². The summed E-state index contributed by atoms with van der Waals surface area (Å²) in [6.07, 6.45) is 0. The van der Waals surface area contributed by atoms with Gasteiger partial charge in [-0.2, -0.15) is 0 Å². The predicted molar refractivity (Wildman–Crippen MR) is 132 cm³/mol. The normalized spacial score (nSPS) is 11.4. The third-order valence-electron chi connectivity index (χ3n) is 5.04. The fourth-order valence-corrected chi connectivity index (χ4v) is 5.67. The van der Waals surface area contributed by atoms with Crippen LogP contribution in [0.1, 0.15) is 5.56 Å². The van der Waals surface area contributed by atoms with E-state index in [1.54, 1.807) is 4.57 Å². The zero-order valence-corrected chi connectivity index (χ0v) is 19.5. The van der Waals surface area contributed by atoms with Crippen molar-refractivity contribution in [3.05, 3.63) is 102 Å². The molecule has 0 atom stereocenters. The molecule has 2 aromatic heterocycles. The zero-order valence-electron chi connectivity index (χ0n) is 15.5. The Kier molecular flexibility index (Phi) is 5.11. The number of nitrogens with zero attached hydrogens (tertiary/aromatic N) is 2. The second-order valence-corrected chi connectivity index (χ2v) is 9.84. The number of para-hydroxylation sites is 1. The third-order valence-corrected chi connectivity index (χ3v) is 7.29. The second-order valence-electron chi connectivity index (χ2n) is 6.87. The zero-order chi connectivity index (χ0) is 20.8. The molecule has 5 rings (SSSR count). The van der Waals surface area contributed by atoms with Gasteiger partial charge in [-0.1, -0.05) is 70.0 Å². The first-order chi connectivity index (χ1) is 14.5. The van der Waals surface area contributed by atoms with Crippen LogP contribution in [0.4, 0.5) is 0 Å². The van der Waals surface area contributed by atoms with Crippen molar-refractivity contribution in [1.29, 1.82) is 0 Å². The summed E-state index contributed by atoms with van der Waals surface area (Å²) in [6.45, 7) is 0.434. The van der Waals surface area contributed by atoms with Crippen LogP contribution in [-0.4, -0.2) is 8.97 Å². The lowest BCUT2D eigenvalue weighted by Crippen LogP contribution is -2.23. The molecular formula is C23H14BrClN2OS2. The Morgan fingerprint density at radius 3 is 2.43 bits per heavy atom. The molecule has 0 bridgehead atoms. The summed E-state index contributed by atoms with van der Waals surface area (Å²) in [5, 5.41) is 1.27. The number of fused-ring (bicyclic) bond motifs is 3.